The topological polar surface area (TPSA) is 63.1 Å². The first-order chi connectivity index (χ1) is 15.3. The number of carbonyl (C=O) groups is 1. The monoisotopic (exact) mass is 434 g/mol. The number of nitrogens with zero attached hydrogens (tertiary/aromatic N) is 3. The van der Waals surface area contributed by atoms with E-state index in [1.54, 1.807) is 4.90 Å². The Kier molecular flexibility index (Phi) is 4.92. The number of aromatic nitrogens is 3. The summed E-state index contributed by atoms with van der Waals surface area (Å²) in [5.41, 5.74) is 3.45. The number of H-pyrrole nitrogens is 1. The number of fused-ring (bicyclic) bond motifs is 2. The molecule has 32 heavy (non-hydrogen) atoms. The van der Waals surface area contributed by atoms with Gasteiger partial charge >= 0.3 is 6.09 Å². The normalized spacial score (nSPS) is 15.6. The Balaban J connectivity index is 1.40. The van der Waals surface area contributed by atoms with Crippen LogP contribution in [-0.2, 0) is 4.74 Å². The first-order valence-corrected chi connectivity index (χ1v) is 11.0. The number of carbonyl (C=O) groups excluding carboxylic acids is 1. The number of rotatable bonds is 2. The first kappa shape index (κ1) is 20.5. The number of likely N-dealkylation sites (tertiary alicyclic amines) is 1. The molecule has 1 amide bonds. The highest BCUT2D eigenvalue weighted by molar-refractivity contribution is 5.97. The minimum absolute atomic E-state index is 0.221. The van der Waals surface area contributed by atoms with Gasteiger partial charge < -0.3 is 14.6 Å². The van der Waals surface area contributed by atoms with Crippen LogP contribution in [0.25, 0.3) is 32.9 Å². The van der Waals surface area contributed by atoms with Gasteiger partial charge in [-0.2, -0.15) is 5.10 Å². The summed E-state index contributed by atoms with van der Waals surface area (Å²) in [7, 11) is 0. The smallest absolute Gasteiger partial charge is 0.410 e. The quantitative estimate of drug-likeness (QED) is 0.427. The minimum Gasteiger partial charge on any atom is -0.444 e. The molecule has 0 spiro atoms. The third kappa shape index (κ3) is 3.83. The summed E-state index contributed by atoms with van der Waals surface area (Å²) in [6.45, 7) is 6.95. The van der Waals surface area contributed by atoms with Crippen molar-refractivity contribution in [3.05, 3.63) is 54.6 Å². The summed E-state index contributed by atoms with van der Waals surface area (Å²) >= 11 is 0. The number of halogens is 1. The minimum atomic E-state index is -0.489. The lowest BCUT2D eigenvalue weighted by atomic mass is 10.0. The summed E-state index contributed by atoms with van der Waals surface area (Å²) in [6.07, 6.45) is 5.22. The molecular weight excluding hydrogens is 407 g/mol. The van der Waals surface area contributed by atoms with E-state index in [4.69, 9.17) is 4.74 Å². The molecule has 0 atom stereocenters. The Morgan fingerprint density at radius 1 is 1.16 bits per heavy atom. The molecule has 1 fully saturated rings. The molecule has 6 nitrogen and oxygen atoms in total. The zero-order chi connectivity index (χ0) is 22.5. The zero-order valence-corrected chi connectivity index (χ0v) is 18.6. The van der Waals surface area contributed by atoms with E-state index < -0.39 is 5.60 Å². The van der Waals surface area contributed by atoms with Gasteiger partial charge in [-0.25, -0.2) is 9.18 Å². The summed E-state index contributed by atoms with van der Waals surface area (Å²) in [5, 5.41) is 6.74. The Labute approximate surface area is 186 Å². The molecule has 1 aliphatic rings. The predicted molar refractivity (Wildman–Crippen MR) is 123 cm³/mol. The van der Waals surface area contributed by atoms with E-state index in [0.29, 0.717) is 13.1 Å². The molecule has 1 aliphatic heterocycles. The van der Waals surface area contributed by atoms with Crippen molar-refractivity contribution in [2.75, 3.05) is 13.1 Å². The van der Waals surface area contributed by atoms with Crippen molar-refractivity contribution in [1.82, 2.24) is 19.7 Å². The van der Waals surface area contributed by atoms with Crippen molar-refractivity contribution in [3.8, 4) is 11.1 Å². The molecule has 4 aromatic rings. The van der Waals surface area contributed by atoms with E-state index >= 15 is 0 Å². The Bertz CT molecular complexity index is 1290. The van der Waals surface area contributed by atoms with E-state index in [1.165, 1.54) is 12.1 Å². The zero-order valence-electron chi connectivity index (χ0n) is 18.6. The average Bonchev–Trinajstić information content (AvgIpc) is 3.36. The Morgan fingerprint density at radius 3 is 2.69 bits per heavy atom. The SMILES string of the molecule is CC(C)(C)OC(=O)N1CCC(n2ncc3ccc(-c4c[nH]c5cc(F)ccc45)cc32)CC1. The highest BCUT2D eigenvalue weighted by Gasteiger charge is 2.28. The van der Waals surface area contributed by atoms with E-state index in [-0.39, 0.29) is 18.0 Å². The number of piperidine rings is 1. The van der Waals surface area contributed by atoms with Gasteiger partial charge in [-0.1, -0.05) is 12.1 Å². The van der Waals surface area contributed by atoms with Gasteiger partial charge in [-0.15, -0.1) is 0 Å². The van der Waals surface area contributed by atoms with Crippen LogP contribution in [0.2, 0.25) is 0 Å². The fourth-order valence-corrected chi connectivity index (χ4v) is 4.45. The summed E-state index contributed by atoms with van der Waals surface area (Å²) in [5.74, 6) is -0.253. The molecule has 166 valence electrons. The second kappa shape index (κ2) is 7.65. The van der Waals surface area contributed by atoms with Crippen molar-refractivity contribution in [2.24, 2.45) is 0 Å². The van der Waals surface area contributed by atoms with Gasteiger partial charge in [0.25, 0.3) is 0 Å². The van der Waals surface area contributed by atoms with Gasteiger partial charge in [0.05, 0.1) is 17.8 Å². The van der Waals surface area contributed by atoms with Gasteiger partial charge in [0, 0.05) is 41.1 Å². The summed E-state index contributed by atoms with van der Waals surface area (Å²) in [6, 6.07) is 11.3. The van der Waals surface area contributed by atoms with Gasteiger partial charge in [0.1, 0.15) is 11.4 Å². The first-order valence-electron chi connectivity index (χ1n) is 11.0. The van der Waals surface area contributed by atoms with Crippen LogP contribution in [0.15, 0.2) is 48.8 Å². The maximum absolute atomic E-state index is 13.6. The van der Waals surface area contributed by atoms with Gasteiger partial charge in [-0.05, 0) is 63.4 Å². The van der Waals surface area contributed by atoms with Gasteiger partial charge in [-0.3, -0.25) is 4.68 Å². The second-order valence-corrected chi connectivity index (χ2v) is 9.45. The standard InChI is InChI=1S/C25H27FN4O2/c1-25(2,3)32-24(31)29-10-8-19(9-11-29)30-23-12-16(4-5-17(23)14-28-30)21-15-27-22-13-18(26)6-7-20(21)22/h4-7,12-15,19,27H,8-11H2,1-3H3. The average molecular weight is 435 g/mol. The van der Waals surface area contributed by atoms with Crippen molar-refractivity contribution >= 4 is 27.9 Å². The lowest BCUT2D eigenvalue weighted by Gasteiger charge is -2.33. The number of ether oxygens (including phenoxy) is 1. The lowest BCUT2D eigenvalue weighted by Crippen LogP contribution is -2.42. The molecule has 2 aromatic carbocycles. The molecule has 7 heteroatoms. The lowest BCUT2D eigenvalue weighted by molar-refractivity contribution is 0.0186. The fourth-order valence-electron chi connectivity index (χ4n) is 4.45. The van der Waals surface area contributed by atoms with E-state index in [9.17, 15) is 9.18 Å². The highest BCUT2D eigenvalue weighted by Crippen LogP contribution is 2.33. The predicted octanol–water partition coefficient (Wildman–Crippen LogP) is 5.90. The maximum atomic E-state index is 13.6. The van der Waals surface area contributed by atoms with Crippen LogP contribution in [0.3, 0.4) is 0 Å². The third-order valence-electron chi connectivity index (χ3n) is 6.02. The molecule has 1 saturated heterocycles. The van der Waals surface area contributed by atoms with E-state index in [2.05, 4.69) is 33.0 Å². The molecule has 0 unspecified atom stereocenters. The van der Waals surface area contributed by atoms with Crippen LogP contribution in [0.4, 0.5) is 9.18 Å². The number of benzene rings is 2. The molecule has 3 heterocycles. The van der Waals surface area contributed by atoms with Crippen LogP contribution in [0, 0.1) is 5.82 Å². The number of hydrogen-bond donors (Lipinski definition) is 1. The van der Waals surface area contributed by atoms with Gasteiger partial charge in [0.15, 0.2) is 0 Å². The number of hydrogen-bond acceptors (Lipinski definition) is 3. The van der Waals surface area contributed by atoms with Crippen LogP contribution in [0.1, 0.15) is 39.7 Å². The van der Waals surface area contributed by atoms with Crippen molar-refractivity contribution < 1.29 is 13.9 Å². The van der Waals surface area contributed by atoms with Crippen molar-refractivity contribution in [1.29, 1.82) is 0 Å². The molecule has 2 aromatic heterocycles. The Hall–Kier alpha value is -3.35. The molecule has 0 aliphatic carbocycles. The third-order valence-corrected chi connectivity index (χ3v) is 6.02. The van der Waals surface area contributed by atoms with Crippen LogP contribution < -0.4 is 0 Å². The van der Waals surface area contributed by atoms with Gasteiger partial charge in [0.2, 0.25) is 0 Å². The summed E-state index contributed by atoms with van der Waals surface area (Å²) in [4.78, 5) is 17.3. The fraction of sp³-hybridized carbons (Fsp3) is 0.360. The van der Waals surface area contributed by atoms with Crippen molar-refractivity contribution in [3.63, 3.8) is 0 Å². The van der Waals surface area contributed by atoms with Crippen LogP contribution in [-0.4, -0.2) is 44.4 Å². The largest absolute Gasteiger partial charge is 0.444 e. The molecule has 0 radical (unpaired) electrons. The highest BCUT2D eigenvalue weighted by atomic mass is 19.1. The molecule has 0 bridgehead atoms. The Morgan fingerprint density at radius 2 is 1.94 bits per heavy atom. The second-order valence-electron chi connectivity index (χ2n) is 9.45. The number of nitrogens with one attached hydrogen (secondary N) is 1. The van der Waals surface area contributed by atoms with Crippen LogP contribution in [0.5, 0.6) is 0 Å². The summed E-state index contributed by atoms with van der Waals surface area (Å²) < 4.78 is 21.2. The van der Waals surface area contributed by atoms with E-state index in [0.717, 1.165) is 45.8 Å². The molecule has 5 rings (SSSR count). The molecular formula is C25H27FN4O2. The maximum Gasteiger partial charge on any atom is 0.410 e. The van der Waals surface area contributed by atoms with E-state index in [1.807, 2.05) is 39.2 Å². The number of aromatic amines is 1. The number of amides is 1. The van der Waals surface area contributed by atoms with Crippen molar-refractivity contribution in [2.45, 2.75) is 45.3 Å². The molecule has 1 N–H and O–H groups in total. The molecule has 0 saturated carbocycles. The van der Waals surface area contributed by atoms with Crippen LogP contribution >= 0.6 is 0 Å².